The van der Waals surface area contributed by atoms with Gasteiger partial charge in [-0.15, -0.1) is 0 Å². The van der Waals surface area contributed by atoms with E-state index in [9.17, 15) is 18.8 Å². The van der Waals surface area contributed by atoms with Crippen LogP contribution >= 0.6 is 0 Å². The SMILES string of the molecule is C=N/C=N\C=C(/C)Nc1ccc2c(c1)c(C(C)=O)cn2CC(=O)N1C[C@H](F)C[C@H]1C(=O)NCc1ccccn1. The molecule has 10 nitrogen and oxygen atoms in total. The lowest BCUT2D eigenvalue weighted by atomic mass is 10.1. The minimum Gasteiger partial charge on any atom is -0.358 e. The third kappa shape index (κ3) is 6.61. The van der Waals surface area contributed by atoms with Gasteiger partial charge in [-0.05, 0) is 50.9 Å². The number of alkyl halides is 1. The fourth-order valence-electron chi connectivity index (χ4n) is 4.58. The zero-order chi connectivity index (χ0) is 27.9. The van der Waals surface area contributed by atoms with Gasteiger partial charge >= 0.3 is 0 Å². The molecule has 0 spiro atoms. The Morgan fingerprint density at radius 3 is 2.77 bits per heavy atom. The topological polar surface area (TPSA) is 121 Å². The number of fused-ring (bicyclic) bond motifs is 1. The molecule has 1 aliphatic heterocycles. The number of ketones is 1. The van der Waals surface area contributed by atoms with Crippen molar-refractivity contribution in [1.29, 1.82) is 0 Å². The molecule has 0 radical (unpaired) electrons. The average molecular weight is 532 g/mol. The van der Waals surface area contributed by atoms with Crippen LogP contribution in [0.5, 0.6) is 0 Å². The van der Waals surface area contributed by atoms with E-state index in [4.69, 9.17) is 0 Å². The summed E-state index contributed by atoms with van der Waals surface area (Å²) in [5, 5.41) is 6.62. The number of nitrogens with one attached hydrogen (secondary N) is 2. The molecule has 1 aliphatic rings. The van der Waals surface area contributed by atoms with Crippen molar-refractivity contribution in [3.8, 4) is 0 Å². The van der Waals surface area contributed by atoms with Crippen molar-refractivity contribution in [1.82, 2.24) is 19.8 Å². The third-order valence-corrected chi connectivity index (χ3v) is 6.37. The number of hydrogen-bond donors (Lipinski definition) is 2. The highest BCUT2D eigenvalue weighted by Crippen LogP contribution is 2.27. The van der Waals surface area contributed by atoms with Crippen LogP contribution in [0.25, 0.3) is 10.9 Å². The van der Waals surface area contributed by atoms with Gasteiger partial charge in [0, 0.05) is 52.9 Å². The molecule has 3 heterocycles. The van der Waals surface area contributed by atoms with Crippen molar-refractivity contribution in [2.75, 3.05) is 11.9 Å². The number of aliphatic imine (C=N–C) groups is 2. The standard InChI is InChI=1S/C28H30FN7O3/c1-18(12-31-17-30-3)34-21-7-8-25-23(11-21)24(19(2)37)15-35(25)16-27(38)36-14-20(29)10-26(36)28(39)33-13-22-6-4-5-9-32-22/h4-9,11-12,15,17,20,26,34H,3,10,13-14,16H2,1-2H3,(H,33,39)/b18-12+,31-17-/t20-,26+/m1/s1. The zero-order valence-corrected chi connectivity index (χ0v) is 21.8. The van der Waals surface area contributed by atoms with Gasteiger partial charge in [-0.3, -0.25) is 24.4 Å². The number of anilines is 1. The Hall–Kier alpha value is -4.67. The van der Waals surface area contributed by atoms with Gasteiger partial charge in [0.05, 0.1) is 18.8 Å². The second-order valence-electron chi connectivity index (χ2n) is 9.28. The summed E-state index contributed by atoms with van der Waals surface area (Å²) in [6.45, 7) is 6.50. The van der Waals surface area contributed by atoms with E-state index in [2.05, 4.69) is 32.3 Å². The smallest absolute Gasteiger partial charge is 0.243 e. The minimum atomic E-state index is -1.30. The van der Waals surface area contributed by atoms with E-state index >= 15 is 0 Å². The number of hydrogen-bond acceptors (Lipinski definition) is 6. The first kappa shape index (κ1) is 27.4. The molecule has 0 unspecified atom stereocenters. The molecule has 1 fully saturated rings. The molecule has 0 bridgehead atoms. The summed E-state index contributed by atoms with van der Waals surface area (Å²) < 4.78 is 16.1. The van der Waals surface area contributed by atoms with Crippen molar-refractivity contribution in [2.24, 2.45) is 9.98 Å². The minimum absolute atomic E-state index is 0.0697. The molecule has 0 aliphatic carbocycles. The molecule has 202 valence electrons. The lowest BCUT2D eigenvalue weighted by Crippen LogP contribution is -2.46. The second kappa shape index (κ2) is 12.2. The maximum absolute atomic E-state index is 14.4. The van der Waals surface area contributed by atoms with E-state index in [1.54, 1.807) is 41.4 Å². The highest BCUT2D eigenvalue weighted by molar-refractivity contribution is 6.08. The Labute approximate surface area is 225 Å². The predicted octanol–water partition coefficient (Wildman–Crippen LogP) is 3.50. The number of carbonyl (C=O) groups excluding carboxylic acids is 3. The molecule has 39 heavy (non-hydrogen) atoms. The molecule has 11 heteroatoms. The van der Waals surface area contributed by atoms with Crippen LogP contribution in [0.4, 0.5) is 10.1 Å². The molecule has 3 aromatic rings. The number of aromatic nitrogens is 2. The average Bonchev–Trinajstić information content (AvgIpc) is 3.48. The number of pyridine rings is 1. The molecule has 0 saturated carbocycles. The second-order valence-corrected chi connectivity index (χ2v) is 9.28. The van der Waals surface area contributed by atoms with Gasteiger partial charge in [0.1, 0.15) is 25.1 Å². The number of amides is 2. The lowest BCUT2D eigenvalue weighted by Gasteiger charge is -2.24. The van der Waals surface area contributed by atoms with Crippen LogP contribution in [0.1, 0.15) is 36.3 Å². The number of Topliss-reactive ketones (excluding diaryl/α,β-unsaturated/α-hetero) is 1. The first-order chi connectivity index (χ1) is 18.8. The number of allylic oxidation sites excluding steroid dienone is 1. The van der Waals surface area contributed by atoms with Crippen LogP contribution in [-0.4, -0.2) is 63.9 Å². The van der Waals surface area contributed by atoms with E-state index < -0.39 is 24.0 Å². The van der Waals surface area contributed by atoms with Gasteiger partial charge < -0.3 is 20.1 Å². The van der Waals surface area contributed by atoms with Crippen molar-refractivity contribution in [2.45, 2.75) is 45.6 Å². The molecule has 2 N–H and O–H groups in total. The summed E-state index contributed by atoms with van der Waals surface area (Å²) in [6, 6.07) is 9.87. The van der Waals surface area contributed by atoms with Crippen LogP contribution in [0, 0.1) is 0 Å². The molecule has 2 aromatic heterocycles. The first-order valence-electron chi connectivity index (χ1n) is 12.4. The highest BCUT2D eigenvalue weighted by Gasteiger charge is 2.39. The first-order valence-corrected chi connectivity index (χ1v) is 12.4. The molecule has 2 amide bonds. The summed E-state index contributed by atoms with van der Waals surface area (Å²) >= 11 is 0. The van der Waals surface area contributed by atoms with Crippen molar-refractivity contribution < 1.29 is 18.8 Å². The largest absolute Gasteiger partial charge is 0.358 e. The lowest BCUT2D eigenvalue weighted by molar-refractivity contribution is -0.139. The van der Waals surface area contributed by atoms with Gasteiger partial charge in [-0.25, -0.2) is 9.38 Å². The Morgan fingerprint density at radius 2 is 2.05 bits per heavy atom. The molecule has 1 aromatic carbocycles. The predicted molar refractivity (Wildman–Crippen MR) is 148 cm³/mol. The molecule has 1 saturated heterocycles. The number of nitrogens with zero attached hydrogens (tertiary/aromatic N) is 5. The monoisotopic (exact) mass is 531 g/mol. The highest BCUT2D eigenvalue weighted by atomic mass is 19.1. The fourth-order valence-corrected chi connectivity index (χ4v) is 4.58. The van der Waals surface area contributed by atoms with Gasteiger partial charge in [0.15, 0.2) is 5.78 Å². The van der Waals surface area contributed by atoms with Crippen LogP contribution < -0.4 is 10.6 Å². The van der Waals surface area contributed by atoms with E-state index in [0.717, 1.165) is 11.4 Å². The number of carbonyl (C=O) groups is 3. The number of rotatable bonds is 10. The van der Waals surface area contributed by atoms with Crippen molar-refractivity contribution in [3.63, 3.8) is 0 Å². The summed E-state index contributed by atoms with van der Waals surface area (Å²) in [7, 11) is 0. The van der Waals surface area contributed by atoms with Gasteiger partial charge in [-0.1, -0.05) is 6.07 Å². The number of likely N-dealkylation sites (tertiary alicyclic amines) is 1. The fraction of sp³-hybridized carbons (Fsp3) is 0.286. The maximum Gasteiger partial charge on any atom is 0.243 e. The quantitative estimate of drug-likeness (QED) is 0.236. The molecular formula is C28H30FN7O3. The maximum atomic E-state index is 14.4. The number of benzene rings is 1. The van der Waals surface area contributed by atoms with Gasteiger partial charge in [-0.2, -0.15) is 0 Å². The summed E-state index contributed by atoms with van der Waals surface area (Å²) in [6.07, 6.45) is 4.78. The van der Waals surface area contributed by atoms with E-state index in [1.807, 2.05) is 25.1 Å². The Kier molecular flexibility index (Phi) is 8.60. The van der Waals surface area contributed by atoms with Crippen LogP contribution in [0.3, 0.4) is 0 Å². The summed E-state index contributed by atoms with van der Waals surface area (Å²) in [4.78, 5) is 51.6. The Bertz CT molecular complexity index is 1450. The van der Waals surface area contributed by atoms with Crippen molar-refractivity contribution >= 4 is 47.2 Å². The van der Waals surface area contributed by atoms with E-state index in [1.165, 1.54) is 18.2 Å². The molecule has 4 rings (SSSR count). The summed E-state index contributed by atoms with van der Waals surface area (Å²) in [5.74, 6) is -0.993. The molecule has 2 atom stereocenters. The van der Waals surface area contributed by atoms with Gasteiger partial charge in [0.25, 0.3) is 0 Å². The Balaban J connectivity index is 1.52. The number of halogens is 1. The van der Waals surface area contributed by atoms with Gasteiger partial charge in [0.2, 0.25) is 11.8 Å². The molecular weight excluding hydrogens is 501 g/mol. The van der Waals surface area contributed by atoms with Crippen LogP contribution in [-0.2, 0) is 22.7 Å². The van der Waals surface area contributed by atoms with E-state index in [0.29, 0.717) is 22.2 Å². The summed E-state index contributed by atoms with van der Waals surface area (Å²) in [5.41, 5.74) is 3.26. The zero-order valence-electron chi connectivity index (χ0n) is 21.8. The van der Waals surface area contributed by atoms with Crippen molar-refractivity contribution in [3.05, 3.63) is 71.9 Å². The normalized spacial score (nSPS) is 17.5. The van der Waals surface area contributed by atoms with Crippen LogP contribution in [0.2, 0.25) is 0 Å². The van der Waals surface area contributed by atoms with E-state index in [-0.39, 0.29) is 31.8 Å². The third-order valence-electron chi connectivity index (χ3n) is 6.37. The Morgan fingerprint density at radius 1 is 1.23 bits per heavy atom. The van der Waals surface area contributed by atoms with Crippen LogP contribution in [0.15, 0.2) is 70.7 Å².